The number of hydrogen-bond donors (Lipinski definition) is 1. The van der Waals surface area contributed by atoms with E-state index in [1.807, 2.05) is 4.90 Å². The predicted octanol–water partition coefficient (Wildman–Crippen LogP) is 2.99. The summed E-state index contributed by atoms with van der Waals surface area (Å²) in [6.45, 7) is 1.63. The van der Waals surface area contributed by atoms with E-state index in [1.54, 1.807) is 18.2 Å². The summed E-state index contributed by atoms with van der Waals surface area (Å²) in [7, 11) is 0. The number of alkyl halides is 2. The summed E-state index contributed by atoms with van der Waals surface area (Å²) in [5, 5.41) is 3.41. The first-order chi connectivity index (χ1) is 9.65. The van der Waals surface area contributed by atoms with Gasteiger partial charge in [0.15, 0.2) is 0 Å². The highest BCUT2D eigenvalue weighted by atomic mass is 19.3. The lowest BCUT2D eigenvalue weighted by atomic mass is 10.1. The van der Waals surface area contributed by atoms with E-state index in [0.29, 0.717) is 12.1 Å². The summed E-state index contributed by atoms with van der Waals surface area (Å²) in [5.74, 6) is -2.76. The van der Waals surface area contributed by atoms with Crippen LogP contribution in [0.25, 0.3) is 0 Å². The minimum absolute atomic E-state index is 0.130. The molecule has 2 nitrogen and oxygen atoms in total. The Kier molecular flexibility index (Phi) is 4.03. The largest absolute Gasteiger partial charge is 0.313 e. The van der Waals surface area contributed by atoms with Gasteiger partial charge in [0.25, 0.3) is 5.92 Å². The molecule has 1 aliphatic heterocycles. The van der Waals surface area contributed by atoms with Crippen LogP contribution >= 0.6 is 0 Å². The maximum atomic E-state index is 14.4. The summed E-state index contributed by atoms with van der Waals surface area (Å²) < 4.78 is 28.8. The SMILES string of the molecule is FC(F)(CN(CC1CCCN1)C1CC1)c1ccccc1. The van der Waals surface area contributed by atoms with Crippen molar-refractivity contribution in [1.82, 2.24) is 10.2 Å². The summed E-state index contributed by atoms with van der Waals surface area (Å²) in [5.41, 5.74) is 0.130. The zero-order valence-corrected chi connectivity index (χ0v) is 11.7. The molecule has 1 aliphatic carbocycles. The third-order valence-corrected chi connectivity index (χ3v) is 4.28. The van der Waals surface area contributed by atoms with Crippen LogP contribution in [0.4, 0.5) is 8.78 Å². The molecule has 2 fully saturated rings. The van der Waals surface area contributed by atoms with Crippen molar-refractivity contribution in [2.24, 2.45) is 0 Å². The van der Waals surface area contributed by atoms with Gasteiger partial charge in [0, 0.05) is 24.2 Å². The highest BCUT2D eigenvalue weighted by Crippen LogP contribution is 2.34. The molecule has 110 valence electrons. The average molecular weight is 280 g/mol. The fourth-order valence-corrected chi connectivity index (χ4v) is 3.01. The maximum absolute atomic E-state index is 14.4. The van der Waals surface area contributed by atoms with Crippen LogP contribution in [0.2, 0.25) is 0 Å². The molecular formula is C16H22F2N2. The monoisotopic (exact) mass is 280 g/mol. The summed E-state index contributed by atoms with van der Waals surface area (Å²) in [6, 6.07) is 8.96. The minimum Gasteiger partial charge on any atom is -0.313 e. The molecule has 3 rings (SSSR count). The van der Waals surface area contributed by atoms with E-state index in [4.69, 9.17) is 0 Å². The van der Waals surface area contributed by atoms with Crippen molar-refractivity contribution in [3.05, 3.63) is 35.9 Å². The van der Waals surface area contributed by atoms with Gasteiger partial charge in [-0.05, 0) is 32.2 Å². The summed E-state index contributed by atoms with van der Waals surface area (Å²) >= 11 is 0. The van der Waals surface area contributed by atoms with Crippen LogP contribution in [-0.4, -0.2) is 36.6 Å². The zero-order valence-electron chi connectivity index (χ0n) is 11.7. The Balaban J connectivity index is 1.66. The molecule has 0 radical (unpaired) electrons. The van der Waals surface area contributed by atoms with Crippen molar-refractivity contribution in [1.29, 1.82) is 0 Å². The molecule has 0 amide bonds. The van der Waals surface area contributed by atoms with Crippen molar-refractivity contribution in [2.75, 3.05) is 19.6 Å². The maximum Gasteiger partial charge on any atom is 0.285 e. The first kappa shape index (κ1) is 14.0. The lowest BCUT2D eigenvalue weighted by Crippen LogP contribution is -2.43. The van der Waals surface area contributed by atoms with Crippen LogP contribution in [0, 0.1) is 0 Å². The number of halogens is 2. The van der Waals surface area contributed by atoms with E-state index >= 15 is 0 Å². The van der Waals surface area contributed by atoms with Crippen LogP contribution in [0.5, 0.6) is 0 Å². The van der Waals surface area contributed by atoms with Gasteiger partial charge in [0.1, 0.15) is 0 Å². The van der Waals surface area contributed by atoms with E-state index in [9.17, 15) is 8.78 Å². The van der Waals surface area contributed by atoms with Gasteiger partial charge in [-0.2, -0.15) is 8.78 Å². The van der Waals surface area contributed by atoms with E-state index in [-0.39, 0.29) is 12.1 Å². The van der Waals surface area contributed by atoms with E-state index < -0.39 is 5.92 Å². The Labute approximate surface area is 119 Å². The van der Waals surface area contributed by atoms with Gasteiger partial charge in [-0.15, -0.1) is 0 Å². The van der Waals surface area contributed by atoms with Gasteiger partial charge in [0.2, 0.25) is 0 Å². The summed E-state index contributed by atoms with van der Waals surface area (Å²) in [6.07, 6.45) is 4.41. The first-order valence-corrected chi connectivity index (χ1v) is 7.56. The Bertz CT molecular complexity index is 425. The molecule has 2 aliphatic rings. The Hall–Kier alpha value is -1.00. The number of nitrogens with zero attached hydrogens (tertiary/aromatic N) is 1. The van der Waals surface area contributed by atoms with Crippen molar-refractivity contribution in [3.8, 4) is 0 Å². The highest BCUT2D eigenvalue weighted by Gasteiger charge is 2.40. The molecule has 0 bridgehead atoms. The molecule has 1 saturated heterocycles. The number of hydrogen-bond acceptors (Lipinski definition) is 2. The fourth-order valence-electron chi connectivity index (χ4n) is 3.01. The lowest BCUT2D eigenvalue weighted by molar-refractivity contribution is -0.0415. The molecule has 4 heteroatoms. The Morgan fingerprint density at radius 2 is 1.90 bits per heavy atom. The minimum atomic E-state index is -2.76. The molecule has 20 heavy (non-hydrogen) atoms. The zero-order chi connectivity index (χ0) is 14.0. The van der Waals surface area contributed by atoms with Crippen LogP contribution < -0.4 is 5.32 Å². The topological polar surface area (TPSA) is 15.3 Å². The molecular weight excluding hydrogens is 258 g/mol. The second-order valence-electron chi connectivity index (χ2n) is 6.02. The van der Waals surface area contributed by atoms with Gasteiger partial charge in [-0.25, -0.2) is 0 Å². The number of nitrogens with one attached hydrogen (secondary N) is 1. The molecule has 1 unspecified atom stereocenters. The smallest absolute Gasteiger partial charge is 0.285 e. The van der Waals surface area contributed by atoms with Crippen molar-refractivity contribution >= 4 is 0 Å². The molecule has 1 saturated carbocycles. The Morgan fingerprint density at radius 1 is 1.15 bits per heavy atom. The third-order valence-electron chi connectivity index (χ3n) is 4.28. The van der Waals surface area contributed by atoms with E-state index in [1.165, 1.54) is 12.1 Å². The van der Waals surface area contributed by atoms with Crippen molar-refractivity contribution in [2.45, 2.75) is 43.7 Å². The van der Waals surface area contributed by atoms with Crippen LogP contribution in [0.3, 0.4) is 0 Å². The molecule has 1 atom stereocenters. The lowest BCUT2D eigenvalue weighted by Gasteiger charge is -2.29. The number of benzene rings is 1. The highest BCUT2D eigenvalue weighted by molar-refractivity contribution is 5.20. The third kappa shape index (κ3) is 3.36. The van der Waals surface area contributed by atoms with Gasteiger partial charge in [-0.1, -0.05) is 30.3 Å². The Morgan fingerprint density at radius 3 is 2.50 bits per heavy atom. The van der Waals surface area contributed by atoms with Gasteiger partial charge in [-0.3, -0.25) is 4.90 Å². The van der Waals surface area contributed by atoms with E-state index in [2.05, 4.69) is 5.32 Å². The standard InChI is InChI=1S/C16H22F2N2/c17-16(18,13-5-2-1-3-6-13)12-20(15-8-9-15)11-14-7-4-10-19-14/h1-3,5-6,14-15,19H,4,7-12H2. The van der Waals surface area contributed by atoms with Crippen LogP contribution in [0.15, 0.2) is 30.3 Å². The van der Waals surface area contributed by atoms with Crippen LogP contribution in [-0.2, 0) is 5.92 Å². The molecule has 1 N–H and O–H groups in total. The first-order valence-electron chi connectivity index (χ1n) is 7.56. The summed E-state index contributed by atoms with van der Waals surface area (Å²) in [4.78, 5) is 2.00. The predicted molar refractivity (Wildman–Crippen MR) is 76.0 cm³/mol. The quantitative estimate of drug-likeness (QED) is 0.862. The molecule has 1 heterocycles. The second-order valence-corrected chi connectivity index (χ2v) is 6.02. The molecule has 0 spiro atoms. The van der Waals surface area contributed by atoms with E-state index in [0.717, 1.165) is 38.8 Å². The normalized spacial score (nSPS) is 23.4. The van der Waals surface area contributed by atoms with Crippen molar-refractivity contribution < 1.29 is 8.78 Å². The van der Waals surface area contributed by atoms with Gasteiger partial charge >= 0.3 is 0 Å². The number of rotatable bonds is 6. The average Bonchev–Trinajstić information content (AvgIpc) is 3.18. The van der Waals surface area contributed by atoms with Gasteiger partial charge in [0.05, 0.1) is 6.54 Å². The molecule has 1 aromatic carbocycles. The van der Waals surface area contributed by atoms with Crippen LogP contribution in [0.1, 0.15) is 31.2 Å². The van der Waals surface area contributed by atoms with Gasteiger partial charge < -0.3 is 5.32 Å². The molecule has 0 aromatic heterocycles. The fraction of sp³-hybridized carbons (Fsp3) is 0.625. The molecule has 1 aromatic rings. The second kappa shape index (κ2) is 5.78. The van der Waals surface area contributed by atoms with Crippen molar-refractivity contribution in [3.63, 3.8) is 0 Å².